The summed E-state index contributed by atoms with van der Waals surface area (Å²) in [5.41, 5.74) is 2.40. The number of carbonyl (C=O) groups excluding carboxylic acids is 1. The molecule has 0 unspecified atom stereocenters. The summed E-state index contributed by atoms with van der Waals surface area (Å²) in [5, 5.41) is 2.01. The van der Waals surface area contributed by atoms with E-state index in [0.29, 0.717) is 25.2 Å². The lowest BCUT2D eigenvalue weighted by Crippen LogP contribution is -2.35. The van der Waals surface area contributed by atoms with Crippen molar-refractivity contribution in [3.63, 3.8) is 0 Å². The van der Waals surface area contributed by atoms with Crippen molar-refractivity contribution in [2.45, 2.75) is 44.6 Å². The number of thiophene rings is 1. The van der Waals surface area contributed by atoms with Gasteiger partial charge in [0.05, 0.1) is 11.4 Å². The molecule has 1 saturated heterocycles. The van der Waals surface area contributed by atoms with Gasteiger partial charge in [-0.1, -0.05) is 12.5 Å². The summed E-state index contributed by atoms with van der Waals surface area (Å²) in [6.07, 6.45) is 2.84. The van der Waals surface area contributed by atoms with Gasteiger partial charge in [0.1, 0.15) is 0 Å². The van der Waals surface area contributed by atoms with Crippen molar-refractivity contribution in [3.8, 4) is 0 Å². The first-order chi connectivity index (χ1) is 12.8. The number of sulfonamides is 1. The zero-order valence-electron chi connectivity index (χ0n) is 16.1. The number of benzene rings is 1. The van der Waals surface area contributed by atoms with E-state index in [1.807, 2.05) is 25.3 Å². The summed E-state index contributed by atoms with van der Waals surface area (Å²) in [4.78, 5) is 16.0. The number of aryl methyl sites for hydroxylation is 2. The average molecular weight is 407 g/mol. The summed E-state index contributed by atoms with van der Waals surface area (Å²) in [6.45, 7) is 5.49. The number of hydrogen-bond acceptors (Lipinski definition) is 4. The van der Waals surface area contributed by atoms with Crippen LogP contribution in [-0.4, -0.2) is 43.7 Å². The fraction of sp³-hybridized carbons (Fsp3) is 0.450. The summed E-state index contributed by atoms with van der Waals surface area (Å²) in [6, 6.07) is 6.92. The summed E-state index contributed by atoms with van der Waals surface area (Å²) in [5.74, 6) is -0.156. The Bertz CT molecular complexity index is 928. The third-order valence-electron chi connectivity index (χ3n) is 5.09. The lowest BCUT2D eigenvalue weighted by Gasteiger charge is -2.26. The Balaban J connectivity index is 1.86. The minimum Gasteiger partial charge on any atom is -0.337 e. The van der Waals surface area contributed by atoms with Crippen molar-refractivity contribution in [2.24, 2.45) is 0 Å². The molecule has 0 radical (unpaired) electrons. The molecule has 1 aliphatic rings. The fourth-order valence-electron chi connectivity index (χ4n) is 3.31. The Morgan fingerprint density at radius 2 is 1.81 bits per heavy atom. The maximum absolute atomic E-state index is 13.0. The second kappa shape index (κ2) is 8.12. The van der Waals surface area contributed by atoms with Crippen molar-refractivity contribution in [3.05, 3.63) is 51.2 Å². The smallest absolute Gasteiger partial charge is 0.254 e. The van der Waals surface area contributed by atoms with Gasteiger partial charge in [0.25, 0.3) is 5.91 Å². The molecule has 5 nitrogen and oxygen atoms in total. The predicted molar refractivity (Wildman–Crippen MR) is 109 cm³/mol. The van der Waals surface area contributed by atoms with Gasteiger partial charge in [0, 0.05) is 30.6 Å². The van der Waals surface area contributed by atoms with Gasteiger partial charge in [-0.15, -0.1) is 11.3 Å². The van der Waals surface area contributed by atoms with E-state index >= 15 is 0 Å². The van der Waals surface area contributed by atoms with Crippen LogP contribution in [0.4, 0.5) is 0 Å². The highest BCUT2D eigenvalue weighted by atomic mass is 32.2. The molecule has 2 heterocycles. The predicted octanol–water partition coefficient (Wildman–Crippen LogP) is 3.81. The average Bonchev–Trinajstić information content (AvgIpc) is 3.06. The van der Waals surface area contributed by atoms with Crippen LogP contribution in [-0.2, 0) is 16.6 Å². The summed E-state index contributed by atoms with van der Waals surface area (Å²) in [7, 11) is -1.80. The van der Waals surface area contributed by atoms with Gasteiger partial charge in [-0.05, 0) is 61.4 Å². The molecule has 3 rings (SSSR count). The van der Waals surface area contributed by atoms with Crippen LogP contribution in [0, 0.1) is 13.8 Å². The molecule has 146 valence electrons. The van der Waals surface area contributed by atoms with Crippen LogP contribution in [0.5, 0.6) is 0 Å². The van der Waals surface area contributed by atoms with Crippen molar-refractivity contribution < 1.29 is 13.2 Å². The van der Waals surface area contributed by atoms with E-state index in [-0.39, 0.29) is 10.8 Å². The molecule has 0 bridgehead atoms. The van der Waals surface area contributed by atoms with Gasteiger partial charge in [-0.3, -0.25) is 4.79 Å². The number of rotatable bonds is 5. The van der Waals surface area contributed by atoms with Crippen LogP contribution in [0.2, 0.25) is 0 Å². The molecule has 0 spiro atoms. The number of nitrogens with zero attached hydrogens (tertiary/aromatic N) is 2. The lowest BCUT2D eigenvalue weighted by molar-refractivity contribution is 0.0785. The number of hydrogen-bond donors (Lipinski definition) is 0. The molecule has 1 fully saturated rings. The highest BCUT2D eigenvalue weighted by Gasteiger charge is 2.27. The highest BCUT2D eigenvalue weighted by Crippen LogP contribution is 2.24. The van der Waals surface area contributed by atoms with Gasteiger partial charge in [0.2, 0.25) is 10.0 Å². The third kappa shape index (κ3) is 4.25. The van der Waals surface area contributed by atoms with E-state index in [0.717, 1.165) is 35.3 Å². The summed E-state index contributed by atoms with van der Waals surface area (Å²) >= 11 is 1.62. The molecule has 2 aromatic rings. The van der Waals surface area contributed by atoms with Gasteiger partial charge in [-0.2, -0.15) is 4.31 Å². The minimum atomic E-state index is -3.55. The zero-order valence-corrected chi connectivity index (χ0v) is 17.7. The molecule has 0 atom stereocenters. The molecule has 1 aromatic carbocycles. The monoisotopic (exact) mass is 406 g/mol. The Hall–Kier alpha value is -1.70. The topological polar surface area (TPSA) is 57.7 Å². The third-order valence-corrected chi connectivity index (χ3v) is 7.99. The number of carbonyl (C=O) groups is 1. The van der Waals surface area contributed by atoms with Crippen LogP contribution in [0.25, 0.3) is 0 Å². The molecule has 27 heavy (non-hydrogen) atoms. The van der Waals surface area contributed by atoms with E-state index in [4.69, 9.17) is 0 Å². The van der Waals surface area contributed by atoms with Crippen LogP contribution in [0.1, 0.15) is 45.6 Å². The highest BCUT2D eigenvalue weighted by molar-refractivity contribution is 7.89. The molecule has 1 aromatic heterocycles. The van der Waals surface area contributed by atoms with Gasteiger partial charge >= 0.3 is 0 Å². The first kappa shape index (κ1) is 20.0. The van der Waals surface area contributed by atoms with E-state index < -0.39 is 10.0 Å². The minimum absolute atomic E-state index is 0.156. The Kier molecular flexibility index (Phi) is 6.03. The maximum atomic E-state index is 13.0. The van der Waals surface area contributed by atoms with Gasteiger partial charge in [0.15, 0.2) is 0 Å². The molecular formula is C20H26N2O3S2. The largest absolute Gasteiger partial charge is 0.337 e. The van der Waals surface area contributed by atoms with Crippen LogP contribution < -0.4 is 0 Å². The van der Waals surface area contributed by atoms with Crippen molar-refractivity contribution in [2.75, 3.05) is 20.1 Å². The Morgan fingerprint density at radius 1 is 1.11 bits per heavy atom. The van der Waals surface area contributed by atoms with Crippen LogP contribution in [0.15, 0.2) is 34.5 Å². The van der Waals surface area contributed by atoms with Crippen molar-refractivity contribution in [1.29, 1.82) is 0 Å². The second-order valence-corrected chi connectivity index (χ2v) is 10.1. The molecule has 1 aliphatic heterocycles. The van der Waals surface area contributed by atoms with E-state index in [1.54, 1.807) is 41.5 Å². The second-order valence-electron chi connectivity index (χ2n) is 7.13. The van der Waals surface area contributed by atoms with Crippen LogP contribution in [0.3, 0.4) is 0 Å². The molecule has 0 N–H and O–H groups in total. The number of amides is 1. The van der Waals surface area contributed by atoms with Crippen molar-refractivity contribution in [1.82, 2.24) is 9.21 Å². The fourth-order valence-corrected chi connectivity index (χ4v) is 5.81. The molecule has 0 saturated carbocycles. The molecular weight excluding hydrogens is 380 g/mol. The van der Waals surface area contributed by atoms with E-state index in [2.05, 4.69) is 0 Å². The van der Waals surface area contributed by atoms with Gasteiger partial charge in [-0.25, -0.2) is 8.42 Å². The molecule has 0 aliphatic carbocycles. The molecule has 7 heteroatoms. The Morgan fingerprint density at radius 3 is 2.44 bits per heavy atom. The Labute approximate surface area is 165 Å². The van der Waals surface area contributed by atoms with E-state index in [1.165, 1.54) is 4.31 Å². The first-order valence-electron chi connectivity index (χ1n) is 9.20. The lowest BCUT2D eigenvalue weighted by atomic mass is 10.1. The maximum Gasteiger partial charge on any atom is 0.254 e. The standard InChI is InChI=1S/C20H26N2O3S2/c1-15-7-8-17(27(24,25)22-10-5-4-6-11-22)13-18(15)20(23)21(3)14-19-16(2)9-12-26-19/h7-9,12-13H,4-6,10-11,14H2,1-3H3. The summed E-state index contributed by atoms with van der Waals surface area (Å²) < 4.78 is 27.4. The van der Waals surface area contributed by atoms with E-state index in [9.17, 15) is 13.2 Å². The van der Waals surface area contributed by atoms with Crippen LogP contribution >= 0.6 is 11.3 Å². The first-order valence-corrected chi connectivity index (χ1v) is 11.5. The number of piperidine rings is 1. The van der Waals surface area contributed by atoms with Gasteiger partial charge < -0.3 is 4.90 Å². The molecule has 1 amide bonds. The quantitative estimate of drug-likeness (QED) is 0.759. The van der Waals surface area contributed by atoms with Crippen molar-refractivity contribution >= 4 is 27.3 Å². The normalized spacial score (nSPS) is 15.7. The SMILES string of the molecule is Cc1ccc(S(=O)(=O)N2CCCCC2)cc1C(=O)N(C)Cc1sccc1C. The zero-order chi connectivity index (χ0) is 19.6.